The second-order valence-electron chi connectivity index (χ2n) is 3.70. The van der Waals surface area contributed by atoms with Crippen molar-refractivity contribution in [1.82, 2.24) is 10.6 Å². The number of carbonyl (C=O) groups excluding carboxylic acids is 2. The summed E-state index contributed by atoms with van der Waals surface area (Å²) in [5.41, 5.74) is 0. The lowest BCUT2D eigenvalue weighted by atomic mass is 10.1. The molecule has 1 fully saturated rings. The van der Waals surface area contributed by atoms with Crippen molar-refractivity contribution in [3.8, 4) is 0 Å². The lowest BCUT2D eigenvalue weighted by Crippen LogP contribution is -2.45. The van der Waals surface area contributed by atoms with Gasteiger partial charge in [0.25, 0.3) is 0 Å². The summed E-state index contributed by atoms with van der Waals surface area (Å²) >= 11 is 0. The summed E-state index contributed by atoms with van der Waals surface area (Å²) in [5.74, 6) is -4.29. The van der Waals surface area contributed by atoms with E-state index in [1.807, 2.05) is 0 Å². The summed E-state index contributed by atoms with van der Waals surface area (Å²) in [6.45, 7) is 0.143. The van der Waals surface area contributed by atoms with Gasteiger partial charge in [0.15, 0.2) is 0 Å². The number of hydrogen-bond acceptors (Lipinski definition) is 4. The molecule has 2 atom stereocenters. The van der Waals surface area contributed by atoms with Crippen LogP contribution in [0.2, 0.25) is 0 Å². The number of rotatable bonds is 5. The number of carboxylic acid groups (broad SMARTS) is 2. The van der Waals surface area contributed by atoms with E-state index >= 15 is 0 Å². The molecule has 1 aliphatic heterocycles. The van der Waals surface area contributed by atoms with Crippen LogP contribution in [0.25, 0.3) is 0 Å². The van der Waals surface area contributed by atoms with Crippen LogP contribution in [0.5, 0.6) is 0 Å². The first-order chi connectivity index (χ1) is 7.90. The highest BCUT2D eigenvalue weighted by Crippen LogP contribution is 2.09. The number of aliphatic carboxylic acids is 2. The summed E-state index contributed by atoms with van der Waals surface area (Å²) in [6, 6.07) is -1.48. The van der Waals surface area contributed by atoms with Gasteiger partial charge in [0.05, 0.1) is 12.3 Å². The third-order valence-corrected chi connectivity index (χ3v) is 2.34. The zero-order valence-electron chi connectivity index (χ0n) is 8.80. The molecule has 1 unspecified atom stereocenters. The molecule has 0 aromatic heterocycles. The molecule has 8 heteroatoms. The van der Waals surface area contributed by atoms with Gasteiger partial charge in [0.1, 0.15) is 6.04 Å². The van der Waals surface area contributed by atoms with Gasteiger partial charge in [-0.1, -0.05) is 0 Å². The fourth-order valence-corrected chi connectivity index (χ4v) is 1.45. The molecule has 0 saturated carbocycles. The molecule has 1 saturated heterocycles. The summed E-state index contributed by atoms with van der Waals surface area (Å²) in [7, 11) is 0. The molecule has 1 rings (SSSR count). The molecule has 0 radical (unpaired) electrons. The zero-order valence-corrected chi connectivity index (χ0v) is 8.80. The van der Waals surface area contributed by atoms with Crippen molar-refractivity contribution in [1.29, 1.82) is 0 Å². The van der Waals surface area contributed by atoms with Crippen molar-refractivity contribution in [2.75, 3.05) is 6.54 Å². The van der Waals surface area contributed by atoms with E-state index in [0.717, 1.165) is 0 Å². The van der Waals surface area contributed by atoms with E-state index in [2.05, 4.69) is 10.6 Å². The molecular formula is C9H12N2O6. The van der Waals surface area contributed by atoms with Crippen molar-refractivity contribution < 1.29 is 29.4 Å². The Kier molecular flexibility index (Phi) is 4.02. The van der Waals surface area contributed by atoms with Crippen LogP contribution in [0.1, 0.15) is 12.8 Å². The number of carboxylic acids is 2. The normalized spacial score (nSPS) is 20.5. The average Bonchev–Trinajstić information content (AvgIpc) is 2.63. The molecule has 4 N–H and O–H groups in total. The largest absolute Gasteiger partial charge is 0.481 e. The van der Waals surface area contributed by atoms with E-state index in [4.69, 9.17) is 10.2 Å². The Balaban J connectivity index is 2.55. The van der Waals surface area contributed by atoms with Crippen molar-refractivity contribution in [2.45, 2.75) is 18.9 Å². The molecule has 0 aliphatic carbocycles. The summed E-state index contributed by atoms with van der Waals surface area (Å²) < 4.78 is 0. The quantitative estimate of drug-likeness (QED) is 0.449. The van der Waals surface area contributed by atoms with E-state index in [1.165, 1.54) is 0 Å². The maximum atomic E-state index is 11.5. The maximum Gasteiger partial charge on any atom is 0.326 e. The topological polar surface area (TPSA) is 133 Å². The fraction of sp³-hybridized carbons (Fsp3) is 0.556. The molecule has 8 nitrogen and oxygen atoms in total. The first-order valence-corrected chi connectivity index (χ1v) is 4.92. The Morgan fingerprint density at radius 1 is 1.41 bits per heavy atom. The lowest BCUT2D eigenvalue weighted by molar-refractivity contribution is -0.147. The molecule has 0 bridgehead atoms. The van der Waals surface area contributed by atoms with Gasteiger partial charge in [-0.05, 0) is 0 Å². The fourth-order valence-electron chi connectivity index (χ4n) is 1.45. The smallest absolute Gasteiger partial charge is 0.326 e. The van der Waals surface area contributed by atoms with Gasteiger partial charge >= 0.3 is 11.9 Å². The van der Waals surface area contributed by atoms with Gasteiger partial charge < -0.3 is 20.8 Å². The van der Waals surface area contributed by atoms with Gasteiger partial charge in [-0.15, -0.1) is 0 Å². The zero-order chi connectivity index (χ0) is 13.0. The van der Waals surface area contributed by atoms with Crippen molar-refractivity contribution in [2.24, 2.45) is 5.92 Å². The molecule has 94 valence electrons. The predicted molar refractivity (Wildman–Crippen MR) is 52.9 cm³/mol. The number of nitrogens with one attached hydrogen (secondary N) is 2. The standard InChI is InChI=1S/C9H12N2O6/c12-6-1-4(3-10-6)8(15)11-5(9(16)17)2-7(13)14/h4-5H,1-3H2,(H,10,12)(H,11,15)(H,13,14)(H,16,17)/t4?,5-/m1/s1. The van der Waals surface area contributed by atoms with Crippen LogP contribution >= 0.6 is 0 Å². The van der Waals surface area contributed by atoms with E-state index in [1.54, 1.807) is 0 Å². The van der Waals surface area contributed by atoms with Crippen LogP contribution in [0.15, 0.2) is 0 Å². The summed E-state index contributed by atoms with van der Waals surface area (Å²) in [5, 5.41) is 21.7. The minimum absolute atomic E-state index is 0.00869. The Hall–Kier alpha value is -2.12. The van der Waals surface area contributed by atoms with Gasteiger partial charge in [-0.2, -0.15) is 0 Å². The highest BCUT2D eigenvalue weighted by atomic mass is 16.4. The summed E-state index contributed by atoms with van der Waals surface area (Å²) in [6.07, 6.45) is -0.708. The monoisotopic (exact) mass is 244 g/mol. The Bertz CT molecular complexity index is 366. The molecule has 17 heavy (non-hydrogen) atoms. The molecule has 1 aliphatic rings. The molecular weight excluding hydrogens is 232 g/mol. The van der Waals surface area contributed by atoms with E-state index < -0.39 is 36.2 Å². The Morgan fingerprint density at radius 3 is 2.47 bits per heavy atom. The molecule has 1 heterocycles. The van der Waals surface area contributed by atoms with Crippen molar-refractivity contribution in [3.63, 3.8) is 0 Å². The van der Waals surface area contributed by atoms with Crippen LogP contribution in [0.4, 0.5) is 0 Å². The van der Waals surface area contributed by atoms with Gasteiger partial charge in [0, 0.05) is 13.0 Å². The second kappa shape index (κ2) is 5.28. The molecule has 2 amide bonds. The number of amides is 2. The SMILES string of the molecule is O=C(O)C[C@@H](NC(=O)C1CNC(=O)C1)C(=O)O. The minimum Gasteiger partial charge on any atom is -0.481 e. The van der Waals surface area contributed by atoms with Crippen LogP contribution in [-0.4, -0.2) is 46.6 Å². The van der Waals surface area contributed by atoms with Gasteiger partial charge in [-0.3, -0.25) is 14.4 Å². The third kappa shape index (κ3) is 3.74. The minimum atomic E-state index is -1.48. The van der Waals surface area contributed by atoms with Crippen LogP contribution in [0.3, 0.4) is 0 Å². The highest BCUT2D eigenvalue weighted by Gasteiger charge is 2.31. The van der Waals surface area contributed by atoms with Crippen molar-refractivity contribution >= 4 is 23.8 Å². The van der Waals surface area contributed by atoms with E-state index in [9.17, 15) is 19.2 Å². The first-order valence-electron chi connectivity index (χ1n) is 4.92. The molecule has 0 aromatic rings. The van der Waals surface area contributed by atoms with Crippen LogP contribution in [0, 0.1) is 5.92 Å². The molecule has 0 spiro atoms. The van der Waals surface area contributed by atoms with Gasteiger partial charge in [0.2, 0.25) is 11.8 Å². The summed E-state index contributed by atoms with van der Waals surface area (Å²) in [4.78, 5) is 43.5. The first kappa shape index (κ1) is 12.9. The third-order valence-electron chi connectivity index (χ3n) is 2.34. The van der Waals surface area contributed by atoms with Crippen LogP contribution in [-0.2, 0) is 19.2 Å². The number of carbonyl (C=O) groups is 4. The maximum absolute atomic E-state index is 11.5. The highest BCUT2D eigenvalue weighted by molar-refractivity contribution is 5.92. The second-order valence-corrected chi connectivity index (χ2v) is 3.70. The predicted octanol–water partition coefficient (Wildman–Crippen LogP) is -1.83. The van der Waals surface area contributed by atoms with Crippen LogP contribution < -0.4 is 10.6 Å². The Labute approximate surface area is 96.0 Å². The van der Waals surface area contributed by atoms with E-state index in [0.29, 0.717) is 0 Å². The Morgan fingerprint density at radius 2 is 2.06 bits per heavy atom. The lowest BCUT2D eigenvalue weighted by Gasteiger charge is -2.14. The molecule has 0 aromatic carbocycles. The van der Waals surface area contributed by atoms with Crippen molar-refractivity contribution in [3.05, 3.63) is 0 Å². The average molecular weight is 244 g/mol. The van der Waals surface area contributed by atoms with Gasteiger partial charge in [-0.25, -0.2) is 4.79 Å². The van der Waals surface area contributed by atoms with E-state index in [-0.39, 0.29) is 18.9 Å². The number of hydrogen-bond donors (Lipinski definition) is 4.